The summed E-state index contributed by atoms with van der Waals surface area (Å²) >= 11 is 0. The summed E-state index contributed by atoms with van der Waals surface area (Å²) in [5.41, 5.74) is 2.50. The predicted octanol–water partition coefficient (Wildman–Crippen LogP) is 2.50. The number of nitrogens with zero attached hydrogens (tertiary/aromatic N) is 3. The van der Waals surface area contributed by atoms with E-state index >= 15 is 0 Å². The fourth-order valence-electron chi connectivity index (χ4n) is 2.80. The normalized spacial score (nSPS) is 20.5. The summed E-state index contributed by atoms with van der Waals surface area (Å²) in [5.74, 6) is 0. The van der Waals surface area contributed by atoms with Gasteiger partial charge < -0.3 is 15.1 Å². The van der Waals surface area contributed by atoms with Gasteiger partial charge in [0.05, 0.1) is 5.69 Å². The smallest absolute Gasteiger partial charge is 0.0562 e. The van der Waals surface area contributed by atoms with Gasteiger partial charge in [0.25, 0.3) is 0 Å². The third-order valence-corrected chi connectivity index (χ3v) is 4.15. The number of aromatic nitrogens is 1. The third kappa shape index (κ3) is 4.97. The maximum atomic E-state index is 4.49. The number of piperidine rings is 1. The van der Waals surface area contributed by atoms with Crippen molar-refractivity contribution in [2.45, 2.75) is 51.7 Å². The highest BCUT2D eigenvalue weighted by molar-refractivity contribution is 5.47. The Morgan fingerprint density at radius 3 is 2.86 bits per heavy atom. The first-order valence-electron chi connectivity index (χ1n) is 7.96. The molecule has 1 fully saturated rings. The van der Waals surface area contributed by atoms with Crippen molar-refractivity contribution in [2.24, 2.45) is 0 Å². The largest absolute Gasteiger partial charge is 0.370 e. The zero-order valence-electron chi connectivity index (χ0n) is 14.2. The van der Waals surface area contributed by atoms with Crippen molar-refractivity contribution in [3.63, 3.8) is 0 Å². The first-order chi connectivity index (χ1) is 9.85. The Balaban J connectivity index is 2.02. The first kappa shape index (κ1) is 16.2. The molecule has 118 valence electrons. The van der Waals surface area contributed by atoms with Crippen molar-refractivity contribution in [1.82, 2.24) is 15.2 Å². The molecule has 21 heavy (non-hydrogen) atoms. The van der Waals surface area contributed by atoms with E-state index in [1.165, 1.54) is 25.1 Å². The quantitative estimate of drug-likeness (QED) is 0.923. The summed E-state index contributed by atoms with van der Waals surface area (Å²) in [6, 6.07) is 4.94. The average Bonchev–Trinajstić information content (AvgIpc) is 2.44. The summed E-state index contributed by atoms with van der Waals surface area (Å²) in [4.78, 5) is 9.32. The Kier molecular flexibility index (Phi) is 5.22. The van der Waals surface area contributed by atoms with E-state index in [1.807, 2.05) is 6.20 Å². The molecule has 4 nitrogen and oxygen atoms in total. The van der Waals surface area contributed by atoms with Crippen LogP contribution in [0.2, 0.25) is 0 Å². The van der Waals surface area contributed by atoms with Gasteiger partial charge in [-0.3, -0.25) is 4.98 Å². The Labute approximate surface area is 129 Å². The highest BCUT2D eigenvalue weighted by Gasteiger charge is 2.21. The second kappa shape index (κ2) is 6.75. The Bertz CT molecular complexity index is 452. The number of hydrogen-bond donors (Lipinski definition) is 1. The second-order valence-corrected chi connectivity index (χ2v) is 7.28. The van der Waals surface area contributed by atoms with Crippen LogP contribution < -0.4 is 10.2 Å². The number of likely N-dealkylation sites (N-methyl/N-ethyl adjacent to an activating group) is 2. The molecule has 1 aliphatic rings. The van der Waals surface area contributed by atoms with Crippen molar-refractivity contribution in [3.8, 4) is 0 Å². The van der Waals surface area contributed by atoms with Gasteiger partial charge in [0.1, 0.15) is 0 Å². The third-order valence-electron chi connectivity index (χ3n) is 4.15. The topological polar surface area (TPSA) is 31.4 Å². The van der Waals surface area contributed by atoms with Gasteiger partial charge in [-0.15, -0.1) is 0 Å². The molecule has 0 amide bonds. The van der Waals surface area contributed by atoms with E-state index in [0.29, 0.717) is 6.04 Å². The van der Waals surface area contributed by atoms with Crippen LogP contribution in [0.4, 0.5) is 5.69 Å². The monoisotopic (exact) mass is 290 g/mol. The van der Waals surface area contributed by atoms with Gasteiger partial charge >= 0.3 is 0 Å². The number of pyridine rings is 1. The highest BCUT2D eigenvalue weighted by atomic mass is 15.2. The van der Waals surface area contributed by atoms with Crippen LogP contribution in [0.15, 0.2) is 18.3 Å². The van der Waals surface area contributed by atoms with E-state index in [2.05, 4.69) is 67.1 Å². The van der Waals surface area contributed by atoms with Gasteiger partial charge in [0, 0.05) is 43.6 Å². The van der Waals surface area contributed by atoms with E-state index < -0.39 is 0 Å². The minimum atomic E-state index is 0.121. The number of hydrogen-bond acceptors (Lipinski definition) is 4. The molecule has 2 heterocycles. The molecule has 0 radical (unpaired) electrons. The van der Waals surface area contributed by atoms with Crippen molar-refractivity contribution in [1.29, 1.82) is 0 Å². The maximum Gasteiger partial charge on any atom is 0.0562 e. The molecule has 0 spiro atoms. The van der Waals surface area contributed by atoms with Crippen LogP contribution in [0.5, 0.6) is 0 Å². The molecule has 1 N–H and O–H groups in total. The highest BCUT2D eigenvalue weighted by Crippen LogP contribution is 2.21. The van der Waals surface area contributed by atoms with Crippen molar-refractivity contribution in [2.75, 3.05) is 32.1 Å². The number of likely N-dealkylation sites (tertiary alicyclic amines) is 1. The van der Waals surface area contributed by atoms with Gasteiger partial charge in [-0.2, -0.15) is 0 Å². The van der Waals surface area contributed by atoms with E-state index in [9.17, 15) is 0 Å². The Morgan fingerprint density at radius 2 is 2.19 bits per heavy atom. The predicted molar refractivity (Wildman–Crippen MR) is 89.8 cm³/mol. The minimum absolute atomic E-state index is 0.121. The lowest BCUT2D eigenvalue weighted by atomic mass is 10.0. The summed E-state index contributed by atoms with van der Waals surface area (Å²) in [6.45, 7) is 9.73. The molecular formula is C17H30N4. The molecule has 1 aliphatic heterocycles. The van der Waals surface area contributed by atoms with Crippen LogP contribution in [0.1, 0.15) is 39.3 Å². The minimum Gasteiger partial charge on any atom is -0.370 e. The SMILES string of the molecule is CN1CCCC(N(C)c2ccnc(CNC(C)(C)C)c2)C1. The van der Waals surface area contributed by atoms with Gasteiger partial charge in [0.2, 0.25) is 0 Å². The van der Waals surface area contributed by atoms with Gasteiger partial charge in [-0.1, -0.05) is 0 Å². The molecule has 1 aromatic heterocycles. The van der Waals surface area contributed by atoms with Gasteiger partial charge in [0.15, 0.2) is 0 Å². The summed E-state index contributed by atoms with van der Waals surface area (Å²) in [7, 11) is 4.42. The fourth-order valence-corrected chi connectivity index (χ4v) is 2.80. The molecule has 1 unspecified atom stereocenters. The fraction of sp³-hybridized carbons (Fsp3) is 0.706. The molecule has 4 heteroatoms. The van der Waals surface area contributed by atoms with Crippen molar-refractivity contribution >= 4 is 5.69 Å². The molecule has 0 aliphatic carbocycles. The Hall–Kier alpha value is -1.13. The summed E-state index contributed by atoms with van der Waals surface area (Å²) in [6.07, 6.45) is 4.49. The molecule has 2 rings (SSSR count). The molecule has 0 aromatic carbocycles. The lowest BCUT2D eigenvalue weighted by Crippen LogP contribution is -2.45. The van der Waals surface area contributed by atoms with Gasteiger partial charge in [-0.25, -0.2) is 0 Å². The molecule has 1 atom stereocenters. The maximum absolute atomic E-state index is 4.49. The zero-order valence-corrected chi connectivity index (χ0v) is 14.2. The van der Waals surface area contributed by atoms with E-state index in [1.54, 1.807) is 0 Å². The summed E-state index contributed by atoms with van der Waals surface area (Å²) < 4.78 is 0. The standard InChI is InChI=1S/C17H30N4/c1-17(2,3)19-12-14-11-15(8-9-18-14)21(5)16-7-6-10-20(4)13-16/h8-9,11,16,19H,6-7,10,12-13H2,1-5H3. The van der Waals surface area contributed by atoms with Crippen LogP contribution in [0, 0.1) is 0 Å². The number of nitrogens with one attached hydrogen (secondary N) is 1. The average molecular weight is 290 g/mol. The van der Waals surface area contributed by atoms with Crippen LogP contribution in [0.3, 0.4) is 0 Å². The number of anilines is 1. The van der Waals surface area contributed by atoms with Crippen LogP contribution in [-0.4, -0.2) is 48.6 Å². The first-order valence-corrected chi connectivity index (χ1v) is 7.96. The van der Waals surface area contributed by atoms with Gasteiger partial charge in [-0.05, 0) is 59.3 Å². The molecule has 0 bridgehead atoms. The van der Waals surface area contributed by atoms with Crippen LogP contribution in [-0.2, 0) is 6.54 Å². The Morgan fingerprint density at radius 1 is 1.43 bits per heavy atom. The lowest BCUT2D eigenvalue weighted by molar-refractivity contribution is 0.248. The molecule has 1 saturated heterocycles. The number of rotatable bonds is 4. The second-order valence-electron chi connectivity index (χ2n) is 7.28. The zero-order chi connectivity index (χ0) is 15.5. The van der Waals surface area contributed by atoms with E-state index in [0.717, 1.165) is 18.8 Å². The molecule has 1 aromatic rings. The molecular weight excluding hydrogens is 260 g/mol. The van der Waals surface area contributed by atoms with Crippen molar-refractivity contribution in [3.05, 3.63) is 24.0 Å². The van der Waals surface area contributed by atoms with Crippen LogP contribution in [0.25, 0.3) is 0 Å². The lowest BCUT2D eigenvalue weighted by Gasteiger charge is -2.37. The van der Waals surface area contributed by atoms with Crippen molar-refractivity contribution < 1.29 is 0 Å². The van der Waals surface area contributed by atoms with Crippen LogP contribution >= 0.6 is 0 Å². The molecule has 0 saturated carbocycles. The summed E-state index contributed by atoms with van der Waals surface area (Å²) in [5, 5.41) is 3.50. The van der Waals surface area contributed by atoms with E-state index in [-0.39, 0.29) is 5.54 Å². The van der Waals surface area contributed by atoms with E-state index in [4.69, 9.17) is 0 Å².